The molecule has 140 valence electrons. The number of fused-ring (bicyclic) bond motifs is 1. The van der Waals surface area contributed by atoms with Gasteiger partial charge in [0.2, 0.25) is 0 Å². The molecule has 2 atom stereocenters. The Bertz CT molecular complexity index is 879. The number of carbonyl (C=O) groups excluding carboxylic acids is 2. The van der Waals surface area contributed by atoms with Crippen LogP contribution in [0.25, 0.3) is 0 Å². The van der Waals surface area contributed by atoms with Gasteiger partial charge in [-0.1, -0.05) is 54.8 Å². The predicted octanol–water partition coefficient (Wildman–Crippen LogP) is 4.22. The number of carbonyl (C=O) groups is 2. The van der Waals surface area contributed by atoms with Gasteiger partial charge in [0.25, 0.3) is 5.91 Å². The molecule has 0 radical (unpaired) electrons. The first kappa shape index (κ1) is 18.2. The van der Waals surface area contributed by atoms with Crippen molar-refractivity contribution in [3.63, 3.8) is 0 Å². The van der Waals surface area contributed by atoms with Crippen LogP contribution in [0.5, 0.6) is 0 Å². The quantitative estimate of drug-likeness (QED) is 0.807. The Hall–Kier alpha value is -2.17. The van der Waals surface area contributed by atoms with E-state index in [9.17, 15) is 14.7 Å². The van der Waals surface area contributed by atoms with Gasteiger partial charge in [-0.15, -0.1) is 0 Å². The van der Waals surface area contributed by atoms with Gasteiger partial charge in [-0.2, -0.15) is 0 Å². The maximum Gasteiger partial charge on any atom is 0.264 e. The smallest absolute Gasteiger partial charge is 0.264 e. The molecule has 2 aliphatic rings. The van der Waals surface area contributed by atoms with Gasteiger partial charge in [0.15, 0.2) is 5.60 Å². The molecule has 1 saturated carbocycles. The number of Topliss-reactive ketones (excluding diaryl/α,β-unsaturated/α-hetero) is 1. The van der Waals surface area contributed by atoms with Crippen molar-refractivity contribution in [2.75, 3.05) is 4.90 Å². The van der Waals surface area contributed by atoms with Crippen molar-refractivity contribution in [3.8, 4) is 0 Å². The van der Waals surface area contributed by atoms with Gasteiger partial charge >= 0.3 is 0 Å². The van der Waals surface area contributed by atoms with Crippen molar-refractivity contribution in [1.82, 2.24) is 0 Å². The highest BCUT2D eigenvalue weighted by Gasteiger charge is 2.56. The Labute approximate surface area is 163 Å². The molecular formula is C22H22ClNO3. The number of aliphatic hydroxyl groups is 1. The number of amides is 1. The van der Waals surface area contributed by atoms with E-state index in [4.69, 9.17) is 11.6 Å². The molecule has 27 heavy (non-hydrogen) atoms. The van der Waals surface area contributed by atoms with Gasteiger partial charge < -0.3 is 10.0 Å². The van der Waals surface area contributed by atoms with E-state index in [1.54, 1.807) is 23.1 Å². The molecule has 0 unspecified atom stereocenters. The molecule has 1 amide bonds. The summed E-state index contributed by atoms with van der Waals surface area (Å²) in [5.74, 6) is -1.09. The van der Waals surface area contributed by atoms with Gasteiger partial charge in [-0.25, -0.2) is 0 Å². The summed E-state index contributed by atoms with van der Waals surface area (Å²) >= 11 is 5.96. The molecule has 2 aromatic rings. The topological polar surface area (TPSA) is 57.6 Å². The van der Waals surface area contributed by atoms with Crippen molar-refractivity contribution in [3.05, 3.63) is 64.7 Å². The molecule has 4 nitrogen and oxygen atoms in total. The second kappa shape index (κ2) is 7.10. The molecular weight excluding hydrogens is 362 g/mol. The minimum atomic E-state index is -1.77. The lowest BCUT2D eigenvalue weighted by Crippen LogP contribution is -2.48. The second-order valence-electron chi connectivity index (χ2n) is 7.42. The van der Waals surface area contributed by atoms with Gasteiger partial charge in [-0.3, -0.25) is 9.59 Å². The summed E-state index contributed by atoms with van der Waals surface area (Å²) in [4.78, 5) is 27.7. The van der Waals surface area contributed by atoms with Gasteiger partial charge in [0, 0.05) is 17.0 Å². The molecule has 1 fully saturated rings. The van der Waals surface area contributed by atoms with Crippen molar-refractivity contribution in [2.45, 2.75) is 44.2 Å². The lowest BCUT2D eigenvalue weighted by Gasteiger charge is -2.30. The highest BCUT2D eigenvalue weighted by molar-refractivity contribution is 6.30. The van der Waals surface area contributed by atoms with Crippen LogP contribution in [0.2, 0.25) is 5.02 Å². The van der Waals surface area contributed by atoms with E-state index in [2.05, 4.69) is 0 Å². The number of para-hydroxylation sites is 1. The number of halogens is 1. The second-order valence-corrected chi connectivity index (χ2v) is 7.86. The molecule has 2 aromatic carbocycles. The van der Waals surface area contributed by atoms with E-state index in [-0.39, 0.29) is 5.78 Å². The van der Waals surface area contributed by atoms with Crippen molar-refractivity contribution in [2.24, 2.45) is 5.92 Å². The van der Waals surface area contributed by atoms with E-state index >= 15 is 0 Å². The summed E-state index contributed by atoms with van der Waals surface area (Å²) in [6, 6.07) is 14.6. The zero-order valence-corrected chi connectivity index (χ0v) is 15.8. The van der Waals surface area contributed by atoms with Crippen molar-refractivity contribution < 1.29 is 14.7 Å². The first-order valence-electron chi connectivity index (χ1n) is 9.43. The van der Waals surface area contributed by atoms with Crippen LogP contribution in [0.15, 0.2) is 48.5 Å². The molecule has 1 aliphatic heterocycles. The highest BCUT2D eigenvalue weighted by atomic mass is 35.5. The lowest BCUT2D eigenvalue weighted by atomic mass is 9.77. The Morgan fingerprint density at radius 1 is 1.04 bits per heavy atom. The third-order valence-electron chi connectivity index (χ3n) is 5.74. The number of hydrogen-bond acceptors (Lipinski definition) is 3. The minimum Gasteiger partial charge on any atom is -0.375 e. The third kappa shape index (κ3) is 3.07. The molecule has 4 rings (SSSR count). The number of benzene rings is 2. The average Bonchev–Trinajstić information content (AvgIpc) is 2.82. The Morgan fingerprint density at radius 3 is 2.56 bits per heavy atom. The predicted molar refractivity (Wildman–Crippen MR) is 105 cm³/mol. The Morgan fingerprint density at radius 2 is 1.78 bits per heavy atom. The molecule has 1 N–H and O–H groups in total. The molecule has 0 saturated heterocycles. The normalized spacial score (nSPS) is 25.4. The maximum atomic E-state index is 13.4. The number of ketones is 1. The van der Waals surface area contributed by atoms with Crippen LogP contribution < -0.4 is 4.90 Å². The van der Waals surface area contributed by atoms with Crippen LogP contribution >= 0.6 is 11.6 Å². The summed E-state index contributed by atoms with van der Waals surface area (Å²) in [5.41, 5.74) is 0.366. The third-order valence-corrected chi connectivity index (χ3v) is 5.99. The fourth-order valence-electron chi connectivity index (χ4n) is 4.33. The summed E-state index contributed by atoms with van der Waals surface area (Å²) in [6.07, 6.45) is 3.62. The van der Waals surface area contributed by atoms with Crippen LogP contribution in [0.1, 0.15) is 43.2 Å². The SMILES string of the molecule is O=C1CCCCC[C@@H]1[C@]1(O)C(=O)N(Cc2ccc(Cl)cc2)c2ccccc21. The van der Waals surface area contributed by atoms with E-state index < -0.39 is 17.4 Å². The largest absolute Gasteiger partial charge is 0.375 e. The van der Waals surface area contributed by atoms with Crippen LogP contribution in [0, 0.1) is 5.92 Å². The first-order chi connectivity index (χ1) is 13.0. The van der Waals surface area contributed by atoms with Crippen LogP contribution in [-0.4, -0.2) is 16.8 Å². The van der Waals surface area contributed by atoms with E-state index in [1.807, 2.05) is 30.3 Å². The average molecular weight is 384 g/mol. The zero-order chi connectivity index (χ0) is 19.0. The number of rotatable bonds is 3. The highest BCUT2D eigenvalue weighted by Crippen LogP contribution is 2.47. The molecule has 1 heterocycles. The van der Waals surface area contributed by atoms with Gasteiger partial charge in [-0.05, 0) is 36.6 Å². The summed E-state index contributed by atoms with van der Waals surface area (Å²) < 4.78 is 0. The number of hydrogen-bond donors (Lipinski definition) is 1. The van der Waals surface area contributed by atoms with Gasteiger partial charge in [0.05, 0.1) is 18.2 Å². The fraction of sp³-hybridized carbons (Fsp3) is 0.364. The summed E-state index contributed by atoms with van der Waals surface area (Å²) in [6.45, 7) is 0.330. The molecule has 5 heteroatoms. The molecule has 0 aromatic heterocycles. The Kier molecular flexibility index (Phi) is 4.79. The standard InChI is InChI=1S/C22H22ClNO3/c23-16-12-10-15(11-13-16)14-24-19-8-5-4-6-17(19)22(27,21(24)26)18-7-2-1-3-9-20(18)25/h4-6,8,10-13,18,27H,1-3,7,9,14H2/t18-,22-/m0/s1. The molecule has 1 aliphatic carbocycles. The monoisotopic (exact) mass is 383 g/mol. The zero-order valence-electron chi connectivity index (χ0n) is 15.0. The molecule has 0 spiro atoms. The lowest BCUT2D eigenvalue weighted by molar-refractivity contribution is -0.150. The van der Waals surface area contributed by atoms with Crippen LogP contribution in [-0.2, 0) is 21.7 Å². The maximum absolute atomic E-state index is 13.4. The first-order valence-corrected chi connectivity index (χ1v) is 9.80. The number of anilines is 1. The van der Waals surface area contributed by atoms with Crippen molar-refractivity contribution in [1.29, 1.82) is 0 Å². The summed E-state index contributed by atoms with van der Waals surface area (Å²) in [7, 11) is 0. The Balaban J connectivity index is 1.74. The fourth-order valence-corrected chi connectivity index (χ4v) is 4.46. The number of nitrogens with zero attached hydrogens (tertiary/aromatic N) is 1. The van der Waals surface area contributed by atoms with E-state index in [0.29, 0.717) is 35.7 Å². The van der Waals surface area contributed by atoms with Gasteiger partial charge in [0.1, 0.15) is 5.78 Å². The summed E-state index contributed by atoms with van der Waals surface area (Å²) in [5, 5.41) is 12.2. The van der Waals surface area contributed by atoms with E-state index in [0.717, 1.165) is 24.8 Å². The van der Waals surface area contributed by atoms with Crippen LogP contribution in [0.3, 0.4) is 0 Å². The van der Waals surface area contributed by atoms with E-state index in [1.165, 1.54) is 0 Å². The minimum absolute atomic E-state index is 0.00787. The van der Waals surface area contributed by atoms with Crippen LogP contribution in [0.4, 0.5) is 5.69 Å². The molecule has 0 bridgehead atoms. The van der Waals surface area contributed by atoms with Crippen molar-refractivity contribution >= 4 is 29.0 Å².